The topological polar surface area (TPSA) is 61.6 Å². The highest BCUT2D eigenvalue weighted by Gasteiger charge is 2.32. The van der Waals surface area contributed by atoms with Gasteiger partial charge < -0.3 is 14.6 Å². The largest absolute Gasteiger partial charge is 0.423 e. The Morgan fingerprint density at radius 1 is 1.35 bits per heavy atom. The van der Waals surface area contributed by atoms with Gasteiger partial charge in [0.15, 0.2) is 5.58 Å². The predicted octanol–water partition coefficient (Wildman–Crippen LogP) is 2.65. The van der Waals surface area contributed by atoms with Gasteiger partial charge in [-0.3, -0.25) is 9.69 Å². The van der Waals surface area contributed by atoms with E-state index in [0.717, 1.165) is 0 Å². The number of benzene rings is 1. The van der Waals surface area contributed by atoms with E-state index in [1.165, 1.54) is 4.90 Å². The Morgan fingerprint density at radius 2 is 2.04 bits per heavy atom. The van der Waals surface area contributed by atoms with Crippen molar-refractivity contribution < 1.29 is 22.4 Å². The monoisotopic (exact) mass is 370 g/mol. The molecular formula is C17H21F3N4O2. The van der Waals surface area contributed by atoms with E-state index in [4.69, 9.17) is 4.42 Å². The van der Waals surface area contributed by atoms with E-state index in [1.807, 2.05) is 14.1 Å². The first kappa shape index (κ1) is 18.5. The fourth-order valence-corrected chi connectivity index (χ4v) is 3.01. The summed E-state index contributed by atoms with van der Waals surface area (Å²) in [7, 11) is 3.62. The molecule has 2 aromatic rings. The molecule has 1 fully saturated rings. The smallest absolute Gasteiger partial charge is 0.401 e. The molecule has 1 saturated heterocycles. The number of carbonyl (C=O) groups excluding carboxylic acids is 1. The minimum atomic E-state index is -4.19. The number of piperidine rings is 1. The third-order valence-corrected chi connectivity index (χ3v) is 4.35. The minimum absolute atomic E-state index is 0.127. The molecule has 0 atom stereocenters. The summed E-state index contributed by atoms with van der Waals surface area (Å²) in [6.45, 7) is -0.261. The summed E-state index contributed by atoms with van der Waals surface area (Å²) in [4.78, 5) is 19.8. The Labute approximate surface area is 148 Å². The summed E-state index contributed by atoms with van der Waals surface area (Å²) < 4.78 is 42.8. The third kappa shape index (κ3) is 4.46. The van der Waals surface area contributed by atoms with Crippen LogP contribution in [-0.2, 0) is 0 Å². The zero-order valence-electron chi connectivity index (χ0n) is 14.6. The van der Waals surface area contributed by atoms with Crippen molar-refractivity contribution in [3.63, 3.8) is 0 Å². The highest BCUT2D eigenvalue weighted by atomic mass is 19.4. The molecule has 1 aliphatic rings. The van der Waals surface area contributed by atoms with Gasteiger partial charge in [0.1, 0.15) is 5.52 Å². The van der Waals surface area contributed by atoms with E-state index in [2.05, 4.69) is 10.3 Å². The summed E-state index contributed by atoms with van der Waals surface area (Å²) in [6.07, 6.45) is -3.19. The SMILES string of the molecule is CN(C)c1nc2cc(C(=O)NC3CCN(CC(F)(F)F)CC3)ccc2o1. The van der Waals surface area contributed by atoms with Crippen LogP contribution in [0.1, 0.15) is 23.2 Å². The molecule has 1 aromatic carbocycles. The molecule has 0 radical (unpaired) electrons. The van der Waals surface area contributed by atoms with Crippen molar-refractivity contribution in [1.29, 1.82) is 0 Å². The molecule has 26 heavy (non-hydrogen) atoms. The zero-order valence-corrected chi connectivity index (χ0v) is 14.6. The number of hydrogen-bond donors (Lipinski definition) is 1. The van der Waals surface area contributed by atoms with Crippen molar-refractivity contribution in [3.05, 3.63) is 23.8 Å². The summed E-state index contributed by atoms with van der Waals surface area (Å²) in [6, 6.07) is 5.32. The van der Waals surface area contributed by atoms with Crippen LogP contribution in [0.4, 0.5) is 19.2 Å². The number of oxazole rings is 1. The Hall–Kier alpha value is -2.29. The van der Waals surface area contributed by atoms with Crippen molar-refractivity contribution in [2.24, 2.45) is 0 Å². The number of nitrogens with zero attached hydrogens (tertiary/aromatic N) is 3. The minimum Gasteiger partial charge on any atom is -0.423 e. The van der Waals surface area contributed by atoms with E-state index in [-0.39, 0.29) is 11.9 Å². The van der Waals surface area contributed by atoms with Gasteiger partial charge in [-0.25, -0.2) is 0 Å². The molecule has 0 unspecified atom stereocenters. The molecule has 6 nitrogen and oxygen atoms in total. The van der Waals surface area contributed by atoms with Crippen molar-refractivity contribution in [3.8, 4) is 0 Å². The van der Waals surface area contributed by atoms with Crippen molar-refractivity contribution in [2.45, 2.75) is 25.1 Å². The molecule has 9 heteroatoms. The van der Waals surface area contributed by atoms with Crippen molar-refractivity contribution >= 4 is 23.0 Å². The number of hydrogen-bond acceptors (Lipinski definition) is 5. The maximum absolute atomic E-state index is 12.4. The first-order valence-corrected chi connectivity index (χ1v) is 8.39. The van der Waals surface area contributed by atoms with Crippen LogP contribution in [-0.4, -0.2) is 61.7 Å². The molecule has 0 saturated carbocycles. The second-order valence-corrected chi connectivity index (χ2v) is 6.71. The number of halogens is 3. The average Bonchev–Trinajstić information content (AvgIpc) is 2.98. The van der Waals surface area contributed by atoms with E-state index in [0.29, 0.717) is 48.6 Å². The van der Waals surface area contributed by atoms with Gasteiger partial charge in [-0.1, -0.05) is 0 Å². The molecule has 1 amide bonds. The molecule has 1 N–H and O–H groups in total. The van der Waals surface area contributed by atoms with Gasteiger partial charge in [0, 0.05) is 38.8 Å². The van der Waals surface area contributed by atoms with Crippen LogP contribution in [0.2, 0.25) is 0 Å². The molecule has 1 aliphatic heterocycles. The van der Waals surface area contributed by atoms with E-state index >= 15 is 0 Å². The molecule has 142 valence electrons. The highest BCUT2D eigenvalue weighted by Crippen LogP contribution is 2.22. The first-order valence-electron chi connectivity index (χ1n) is 8.39. The van der Waals surface area contributed by atoms with Gasteiger partial charge in [0.05, 0.1) is 6.54 Å². The van der Waals surface area contributed by atoms with Crippen LogP contribution in [0.25, 0.3) is 11.1 Å². The van der Waals surface area contributed by atoms with Crippen molar-refractivity contribution in [1.82, 2.24) is 15.2 Å². The summed E-state index contributed by atoms with van der Waals surface area (Å²) in [5, 5.41) is 2.90. The number of carbonyl (C=O) groups is 1. The van der Waals surface area contributed by atoms with E-state index in [9.17, 15) is 18.0 Å². The standard InChI is InChI=1S/C17H21F3N4O2/c1-23(2)16-22-13-9-11(3-4-14(13)26-16)15(25)21-12-5-7-24(8-6-12)10-17(18,19)20/h3-4,9,12H,5-8,10H2,1-2H3,(H,21,25). The Balaban J connectivity index is 1.59. The number of rotatable bonds is 4. The van der Waals surface area contributed by atoms with Gasteiger partial charge in [0.2, 0.25) is 0 Å². The van der Waals surface area contributed by atoms with Gasteiger partial charge in [-0.15, -0.1) is 0 Å². The van der Waals surface area contributed by atoms with Gasteiger partial charge in [-0.05, 0) is 31.0 Å². The van der Waals surface area contributed by atoms with Crippen LogP contribution in [0, 0.1) is 0 Å². The number of anilines is 1. The number of alkyl halides is 3. The predicted molar refractivity (Wildman–Crippen MR) is 91.3 cm³/mol. The lowest BCUT2D eigenvalue weighted by molar-refractivity contribution is -0.148. The lowest BCUT2D eigenvalue weighted by Crippen LogP contribution is -2.47. The summed E-state index contributed by atoms with van der Waals surface area (Å²) in [5.74, 6) is -0.254. The maximum Gasteiger partial charge on any atom is 0.401 e. The first-order chi connectivity index (χ1) is 12.2. The van der Waals surface area contributed by atoms with E-state index < -0.39 is 12.7 Å². The lowest BCUT2D eigenvalue weighted by Gasteiger charge is -2.32. The number of fused-ring (bicyclic) bond motifs is 1. The molecule has 0 spiro atoms. The highest BCUT2D eigenvalue weighted by molar-refractivity contribution is 5.97. The molecule has 1 aromatic heterocycles. The van der Waals surface area contributed by atoms with Crippen molar-refractivity contribution in [2.75, 3.05) is 38.6 Å². The number of nitrogens with one attached hydrogen (secondary N) is 1. The zero-order chi connectivity index (χ0) is 18.9. The quantitative estimate of drug-likeness (QED) is 0.897. The average molecular weight is 370 g/mol. The van der Waals surface area contributed by atoms with Crippen LogP contribution < -0.4 is 10.2 Å². The van der Waals surface area contributed by atoms with Gasteiger partial charge in [-0.2, -0.15) is 18.2 Å². The van der Waals surface area contributed by atoms with Crippen LogP contribution in [0.15, 0.2) is 22.6 Å². The Bertz CT molecular complexity index is 780. The summed E-state index contributed by atoms with van der Waals surface area (Å²) >= 11 is 0. The van der Waals surface area contributed by atoms with E-state index in [1.54, 1.807) is 23.1 Å². The number of likely N-dealkylation sites (tertiary alicyclic amines) is 1. The van der Waals surface area contributed by atoms with Crippen LogP contribution in [0.5, 0.6) is 0 Å². The molecule has 0 bridgehead atoms. The van der Waals surface area contributed by atoms with Gasteiger partial charge >= 0.3 is 6.18 Å². The number of aromatic nitrogens is 1. The lowest BCUT2D eigenvalue weighted by atomic mass is 10.0. The molecular weight excluding hydrogens is 349 g/mol. The Morgan fingerprint density at radius 3 is 2.65 bits per heavy atom. The van der Waals surface area contributed by atoms with Gasteiger partial charge in [0.25, 0.3) is 11.9 Å². The third-order valence-electron chi connectivity index (χ3n) is 4.35. The number of amides is 1. The molecule has 0 aliphatic carbocycles. The fraction of sp³-hybridized carbons (Fsp3) is 0.529. The maximum atomic E-state index is 12.4. The fourth-order valence-electron chi connectivity index (χ4n) is 3.01. The van der Waals surface area contributed by atoms with Crippen LogP contribution >= 0.6 is 0 Å². The van der Waals surface area contributed by atoms with Crippen LogP contribution in [0.3, 0.4) is 0 Å². The normalized spacial score (nSPS) is 16.8. The molecule has 2 heterocycles. The molecule has 3 rings (SSSR count). The summed E-state index contributed by atoms with van der Waals surface area (Å²) in [5.41, 5.74) is 1.63. The second kappa shape index (κ2) is 7.14. The Kier molecular flexibility index (Phi) is 5.08. The second-order valence-electron chi connectivity index (χ2n) is 6.71.